The average Bonchev–Trinajstić information content (AvgIpc) is 2.63. The van der Waals surface area contributed by atoms with Crippen LogP contribution in [0.3, 0.4) is 0 Å². The number of rotatable bonds is 4. The van der Waals surface area contributed by atoms with Crippen molar-refractivity contribution in [1.82, 2.24) is 5.32 Å². The summed E-state index contributed by atoms with van der Waals surface area (Å²) in [5.41, 5.74) is 4.15. The van der Waals surface area contributed by atoms with Gasteiger partial charge >= 0.3 is 0 Å². The van der Waals surface area contributed by atoms with Gasteiger partial charge in [0.1, 0.15) is 0 Å². The van der Waals surface area contributed by atoms with Gasteiger partial charge in [0.05, 0.1) is 19.3 Å². The van der Waals surface area contributed by atoms with Crippen molar-refractivity contribution in [2.45, 2.75) is 19.9 Å². The lowest BCUT2D eigenvalue weighted by Crippen LogP contribution is -2.36. The quantitative estimate of drug-likeness (QED) is 0.938. The first kappa shape index (κ1) is 16.5. The van der Waals surface area contributed by atoms with Crippen LogP contribution >= 0.6 is 0 Å². The summed E-state index contributed by atoms with van der Waals surface area (Å²) in [4.78, 5) is 14.7. The number of carbonyl (C=O) groups excluding carboxylic acids is 1. The van der Waals surface area contributed by atoms with Crippen molar-refractivity contribution in [2.75, 3.05) is 31.2 Å². The smallest absolute Gasteiger partial charge is 0.251 e. The summed E-state index contributed by atoms with van der Waals surface area (Å²) in [6, 6.07) is 16.0. The van der Waals surface area contributed by atoms with E-state index in [9.17, 15) is 4.79 Å². The number of benzene rings is 2. The zero-order chi connectivity index (χ0) is 16.9. The molecule has 0 unspecified atom stereocenters. The molecular weight excluding hydrogens is 300 g/mol. The maximum Gasteiger partial charge on any atom is 0.251 e. The zero-order valence-corrected chi connectivity index (χ0v) is 14.3. The molecule has 1 atom stereocenters. The molecule has 24 heavy (non-hydrogen) atoms. The zero-order valence-electron chi connectivity index (χ0n) is 14.3. The number of anilines is 1. The SMILES string of the molecule is Cc1ccc([C@H](C)NC(=O)c2ccc(N3CCOCC3)cc2)cc1. The van der Waals surface area contributed by atoms with Crippen LogP contribution in [0.2, 0.25) is 0 Å². The highest BCUT2D eigenvalue weighted by Gasteiger charge is 2.14. The van der Waals surface area contributed by atoms with Gasteiger partial charge in [-0.3, -0.25) is 4.79 Å². The molecule has 0 aromatic heterocycles. The van der Waals surface area contributed by atoms with E-state index in [-0.39, 0.29) is 11.9 Å². The third kappa shape index (κ3) is 3.95. The van der Waals surface area contributed by atoms with Crippen molar-refractivity contribution in [1.29, 1.82) is 0 Å². The summed E-state index contributed by atoms with van der Waals surface area (Å²) in [7, 11) is 0. The van der Waals surface area contributed by atoms with Gasteiger partial charge in [-0.15, -0.1) is 0 Å². The van der Waals surface area contributed by atoms with Crippen LogP contribution in [0.5, 0.6) is 0 Å². The molecule has 3 rings (SSSR count). The Morgan fingerprint density at radius 2 is 1.67 bits per heavy atom. The Bertz CT molecular complexity index is 674. The molecule has 4 heteroatoms. The molecule has 2 aromatic rings. The molecule has 4 nitrogen and oxygen atoms in total. The molecule has 0 aliphatic carbocycles. The van der Waals surface area contributed by atoms with E-state index in [0.717, 1.165) is 37.6 Å². The summed E-state index contributed by atoms with van der Waals surface area (Å²) in [5, 5.41) is 3.06. The van der Waals surface area contributed by atoms with Crippen LogP contribution in [0.4, 0.5) is 5.69 Å². The molecule has 0 radical (unpaired) electrons. The second kappa shape index (κ2) is 7.49. The Morgan fingerprint density at radius 3 is 2.29 bits per heavy atom. The van der Waals surface area contributed by atoms with Gasteiger partial charge in [0.25, 0.3) is 5.91 Å². The molecule has 1 N–H and O–H groups in total. The van der Waals surface area contributed by atoms with Crippen molar-refractivity contribution in [3.8, 4) is 0 Å². The first-order chi connectivity index (χ1) is 11.6. The minimum atomic E-state index is -0.0448. The van der Waals surface area contributed by atoms with E-state index in [0.29, 0.717) is 5.56 Å². The van der Waals surface area contributed by atoms with Gasteiger partial charge in [0.15, 0.2) is 0 Å². The molecule has 0 saturated carbocycles. The van der Waals surface area contributed by atoms with Crippen molar-refractivity contribution in [3.05, 3.63) is 65.2 Å². The van der Waals surface area contributed by atoms with Crippen LogP contribution in [0.25, 0.3) is 0 Å². The van der Waals surface area contributed by atoms with E-state index in [1.807, 2.05) is 31.2 Å². The van der Waals surface area contributed by atoms with E-state index in [1.165, 1.54) is 5.56 Å². The molecule has 1 aliphatic heterocycles. The molecule has 1 heterocycles. The number of amides is 1. The van der Waals surface area contributed by atoms with Gasteiger partial charge in [-0.25, -0.2) is 0 Å². The molecule has 1 fully saturated rings. The second-order valence-electron chi connectivity index (χ2n) is 6.25. The fraction of sp³-hybridized carbons (Fsp3) is 0.350. The third-order valence-electron chi connectivity index (χ3n) is 4.43. The number of morpholine rings is 1. The third-order valence-corrected chi connectivity index (χ3v) is 4.43. The minimum Gasteiger partial charge on any atom is -0.378 e. The van der Waals surface area contributed by atoms with Gasteiger partial charge in [0.2, 0.25) is 0 Å². The van der Waals surface area contributed by atoms with Crippen molar-refractivity contribution >= 4 is 11.6 Å². The Hall–Kier alpha value is -2.33. The molecule has 2 aromatic carbocycles. The van der Waals surface area contributed by atoms with E-state index >= 15 is 0 Å². The highest BCUT2D eigenvalue weighted by Crippen LogP contribution is 2.18. The van der Waals surface area contributed by atoms with Crippen LogP contribution in [-0.4, -0.2) is 32.2 Å². The molecule has 1 saturated heterocycles. The normalized spacial score (nSPS) is 15.8. The molecular formula is C20H24N2O2. The number of ether oxygens (including phenoxy) is 1. The number of aryl methyl sites for hydroxylation is 1. The highest BCUT2D eigenvalue weighted by atomic mass is 16.5. The van der Waals surface area contributed by atoms with Gasteiger partial charge in [0, 0.05) is 24.3 Å². The number of carbonyl (C=O) groups is 1. The fourth-order valence-electron chi connectivity index (χ4n) is 2.86. The lowest BCUT2D eigenvalue weighted by Gasteiger charge is -2.28. The fourth-order valence-corrected chi connectivity index (χ4v) is 2.86. The number of hydrogen-bond acceptors (Lipinski definition) is 3. The molecule has 1 amide bonds. The highest BCUT2D eigenvalue weighted by molar-refractivity contribution is 5.94. The number of hydrogen-bond donors (Lipinski definition) is 1. The second-order valence-corrected chi connectivity index (χ2v) is 6.25. The summed E-state index contributed by atoms with van der Waals surface area (Å²) in [6.45, 7) is 7.38. The van der Waals surface area contributed by atoms with Gasteiger partial charge in [-0.2, -0.15) is 0 Å². The van der Waals surface area contributed by atoms with Gasteiger partial charge in [-0.1, -0.05) is 29.8 Å². The Kier molecular flexibility index (Phi) is 5.16. The Morgan fingerprint density at radius 1 is 1.04 bits per heavy atom. The standard InChI is InChI=1S/C20H24N2O2/c1-15-3-5-17(6-4-15)16(2)21-20(23)18-7-9-19(10-8-18)22-11-13-24-14-12-22/h3-10,16H,11-14H2,1-2H3,(H,21,23)/t16-/m0/s1. The minimum absolute atomic E-state index is 0.0166. The average molecular weight is 324 g/mol. The van der Waals surface area contributed by atoms with E-state index in [1.54, 1.807) is 0 Å². The molecule has 0 bridgehead atoms. The van der Waals surface area contributed by atoms with Crippen molar-refractivity contribution in [3.63, 3.8) is 0 Å². The summed E-state index contributed by atoms with van der Waals surface area (Å²) in [5.74, 6) is -0.0448. The maximum absolute atomic E-state index is 12.4. The monoisotopic (exact) mass is 324 g/mol. The first-order valence-corrected chi connectivity index (χ1v) is 8.43. The Balaban J connectivity index is 1.63. The molecule has 1 aliphatic rings. The number of nitrogens with one attached hydrogen (secondary N) is 1. The summed E-state index contributed by atoms with van der Waals surface area (Å²) < 4.78 is 5.37. The predicted octanol–water partition coefficient (Wildman–Crippen LogP) is 3.32. The lowest BCUT2D eigenvalue weighted by atomic mass is 10.1. The van der Waals surface area contributed by atoms with Crippen molar-refractivity contribution < 1.29 is 9.53 Å². The van der Waals surface area contributed by atoms with Crippen LogP contribution < -0.4 is 10.2 Å². The van der Waals surface area contributed by atoms with Crippen LogP contribution in [-0.2, 0) is 4.74 Å². The largest absolute Gasteiger partial charge is 0.378 e. The van der Waals surface area contributed by atoms with Crippen molar-refractivity contribution in [2.24, 2.45) is 0 Å². The van der Waals surface area contributed by atoms with Crippen LogP contribution in [0, 0.1) is 6.92 Å². The molecule has 126 valence electrons. The van der Waals surface area contributed by atoms with Crippen LogP contribution in [0.15, 0.2) is 48.5 Å². The molecule has 0 spiro atoms. The van der Waals surface area contributed by atoms with Gasteiger partial charge in [-0.05, 0) is 43.7 Å². The van der Waals surface area contributed by atoms with E-state index in [2.05, 4.69) is 41.4 Å². The lowest BCUT2D eigenvalue weighted by molar-refractivity contribution is 0.0940. The first-order valence-electron chi connectivity index (χ1n) is 8.43. The van der Waals surface area contributed by atoms with Gasteiger partial charge < -0.3 is 15.0 Å². The van der Waals surface area contributed by atoms with E-state index < -0.39 is 0 Å². The van der Waals surface area contributed by atoms with Crippen LogP contribution in [0.1, 0.15) is 34.5 Å². The topological polar surface area (TPSA) is 41.6 Å². The maximum atomic E-state index is 12.4. The predicted molar refractivity (Wildman–Crippen MR) is 96.5 cm³/mol. The Labute approximate surface area is 143 Å². The summed E-state index contributed by atoms with van der Waals surface area (Å²) in [6.07, 6.45) is 0. The number of nitrogens with zero attached hydrogens (tertiary/aromatic N) is 1. The van der Waals surface area contributed by atoms with E-state index in [4.69, 9.17) is 4.74 Å². The summed E-state index contributed by atoms with van der Waals surface area (Å²) >= 11 is 0.